The Morgan fingerprint density at radius 2 is 1.76 bits per heavy atom. The van der Waals surface area contributed by atoms with Crippen molar-refractivity contribution in [3.05, 3.63) is 22.8 Å². The molecular weight excluding hydrogens is 352 g/mol. The summed E-state index contributed by atoms with van der Waals surface area (Å²) in [6, 6.07) is 0. The van der Waals surface area contributed by atoms with Gasteiger partial charge in [-0.3, -0.25) is 0 Å². The molecule has 164 valence electrons. The lowest BCUT2D eigenvalue weighted by Gasteiger charge is -2.54. The zero-order valence-electron chi connectivity index (χ0n) is 20.1. The number of rotatable bonds is 5. The minimum absolute atomic E-state index is 0.0479. The summed E-state index contributed by atoms with van der Waals surface area (Å²) in [7, 11) is 0. The second-order valence-corrected chi connectivity index (χ2v) is 12.2. The Kier molecular flexibility index (Phi) is 5.86. The molecule has 4 aliphatic carbocycles. The summed E-state index contributed by atoms with van der Waals surface area (Å²) in [5, 5.41) is 10.2. The third kappa shape index (κ3) is 3.58. The molecular formula is C28H46O. The molecule has 0 radical (unpaired) electrons. The van der Waals surface area contributed by atoms with E-state index in [2.05, 4.69) is 47.6 Å². The zero-order valence-corrected chi connectivity index (χ0v) is 20.1. The molecule has 0 aromatic rings. The molecule has 0 bridgehead atoms. The van der Waals surface area contributed by atoms with Crippen molar-refractivity contribution in [1.82, 2.24) is 0 Å². The van der Waals surface area contributed by atoms with Gasteiger partial charge in [0.1, 0.15) is 0 Å². The van der Waals surface area contributed by atoms with Crippen LogP contribution in [0.5, 0.6) is 0 Å². The molecule has 0 heterocycles. The van der Waals surface area contributed by atoms with Crippen molar-refractivity contribution >= 4 is 0 Å². The van der Waals surface area contributed by atoms with Crippen LogP contribution >= 0.6 is 0 Å². The zero-order chi connectivity index (χ0) is 21.0. The summed E-state index contributed by atoms with van der Waals surface area (Å²) < 4.78 is 0. The molecule has 1 fully saturated rings. The maximum Gasteiger partial charge on any atom is 0.0543 e. The minimum atomic E-state index is -0.0479. The van der Waals surface area contributed by atoms with E-state index in [1.807, 2.05) is 5.57 Å². The quantitative estimate of drug-likeness (QED) is 0.503. The Balaban J connectivity index is 1.53. The van der Waals surface area contributed by atoms with E-state index in [1.54, 1.807) is 11.1 Å². The summed E-state index contributed by atoms with van der Waals surface area (Å²) in [6.45, 7) is 14.9. The fourth-order valence-electron chi connectivity index (χ4n) is 7.79. The SMILES string of the molecule is CC(C)[C@@H](C)CC[C@@H](C)C1CC=C2C3=C(CC[C@@]21C)[C@@]1(C)CC[C@H](O)C[C@@H]1CC3. The fraction of sp³-hybridized carbons (Fsp3) is 0.857. The van der Waals surface area contributed by atoms with E-state index in [0.717, 1.165) is 36.5 Å². The lowest BCUT2D eigenvalue weighted by molar-refractivity contribution is 0.0225. The number of aliphatic hydroxyl groups is 1. The standard InChI is InChI=1S/C28H46O/c1-18(2)19(3)7-8-20(4)24-11-12-25-23-10-9-21-17-22(29)13-15-27(21,5)26(23)14-16-28(24,25)6/h12,18-22,24,29H,7-11,13-17H2,1-6H3/t19-,20+,21-,22-,24?,27-,28+/m0/s1. The van der Waals surface area contributed by atoms with Crippen LogP contribution < -0.4 is 0 Å². The maximum absolute atomic E-state index is 10.2. The van der Waals surface area contributed by atoms with Crippen LogP contribution in [0, 0.1) is 40.4 Å². The Bertz CT molecular complexity index is 684. The largest absolute Gasteiger partial charge is 0.393 e. The fourth-order valence-corrected chi connectivity index (χ4v) is 7.79. The molecule has 1 heteroatoms. The van der Waals surface area contributed by atoms with Crippen molar-refractivity contribution in [2.24, 2.45) is 40.4 Å². The predicted molar refractivity (Wildman–Crippen MR) is 124 cm³/mol. The van der Waals surface area contributed by atoms with Crippen LogP contribution in [0.15, 0.2) is 22.8 Å². The number of hydrogen-bond acceptors (Lipinski definition) is 1. The Morgan fingerprint density at radius 1 is 1.00 bits per heavy atom. The Hall–Kier alpha value is -0.560. The van der Waals surface area contributed by atoms with Crippen molar-refractivity contribution in [2.45, 2.75) is 112 Å². The minimum Gasteiger partial charge on any atom is -0.393 e. The Morgan fingerprint density at radius 3 is 2.48 bits per heavy atom. The molecule has 0 aromatic heterocycles. The van der Waals surface area contributed by atoms with Gasteiger partial charge >= 0.3 is 0 Å². The van der Waals surface area contributed by atoms with Gasteiger partial charge in [-0.1, -0.05) is 66.0 Å². The van der Waals surface area contributed by atoms with Gasteiger partial charge in [0.05, 0.1) is 6.10 Å². The molecule has 0 aromatic carbocycles. The molecule has 1 unspecified atom stereocenters. The number of allylic oxidation sites excluding steroid dienone is 4. The summed E-state index contributed by atoms with van der Waals surface area (Å²) in [5.74, 6) is 4.03. The van der Waals surface area contributed by atoms with Crippen LogP contribution in [0.3, 0.4) is 0 Å². The van der Waals surface area contributed by atoms with Crippen molar-refractivity contribution in [2.75, 3.05) is 0 Å². The van der Waals surface area contributed by atoms with Gasteiger partial charge in [0.25, 0.3) is 0 Å². The van der Waals surface area contributed by atoms with E-state index in [4.69, 9.17) is 0 Å². The molecule has 4 aliphatic rings. The monoisotopic (exact) mass is 398 g/mol. The Labute approximate surface area is 180 Å². The number of fused-ring (bicyclic) bond motifs is 4. The van der Waals surface area contributed by atoms with Crippen LogP contribution in [0.4, 0.5) is 0 Å². The van der Waals surface area contributed by atoms with Crippen LogP contribution in [0.1, 0.15) is 106 Å². The third-order valence-electron chi connectivity index (χ3n) is 10.4. The molecule has 29 heavy (non-hydrogen) atoms. The predicted octanol–water partition coefficient (Wildman–Crippen LogP) is 7.70. The summed E-state index contributed by atoms with van der Waals surface area (Å²) in [4.78, 5) is 0. The molecule has 0 amide bonds. The van der Waals surface area contributed by atoms with Gasteiger partial charge in [-0.15, -0.1) is 0 Å². The second kappa shape index (κ2) is 7.85. The summed E-state index contributed by atoms with van der Waals surface area (Å²) >= 11 is 0. The smallest absolute Gasteiger partial charge is 0.0543 e. The number of aliphatic hydroxyl groups excluding tert-OH is 1. The van der Waals surface area contributed by atoms with E-state index in [9.17, 15) is 5.11 Å². The van der Waals surface area contributed by atoms with Gasteiger partial charge in [0, 0.05) is 0 Å². The van der Waals surface area contributed by atoms with Gasteiger partial charge in [0.2, 0.25) is 0 Å². The molecule has 1 N–H and O–H groups in total. The van der Waals surface area contributed by atoms with Gasteiger partial charge in [-0.25, -0.2) is 0 Å². The molecule has 0 spiro atoms. The molecule has 1 nitrogen and oxygen atoms in total. The van der Waals surface area contributed by atoms with Crippen molar-refractivity contribution in [1.29, 1.82) is 0 Å². The highest BCUT2D eigenvalue weighted by molar-refractivity contribution is 5.49. The average molecular weight is 399 g/mol. The average Bonchev–Trinajstić information content (AvgIpc) is 3.03. The second-order valence-electron chi connectivity index (χ2n) is 12.2. The molecule has 0 aliphatic heterocycles. The van der Waals surface area contributed by atoms with Crippen LogP contribution in [-0.2, 0) is 0 Å². The molecule has 7 atom stereocenters. The van der Waals surface area contributed by atoms with Crippen molar-refractivity contribution < 1.29 is 5.11 Å². The number of hydrogen-bond donors (Lipinski definition) is 1. The first kappa shape index (κ1) is 21.7. The van der Waals surface area contributed by atoms with Crippen molar-refractivity contribution in [3.63, 3.8) is 0 Å². The lowest BCUT2D eigenvalue weighted by atomic mass is 9.51. The molecule has 1 saturated carbocycles. The highest BCUT2D eigenvalue weighted by Gasteiger charge is 2.52. The van der Waals surface area contributed by atoms with E-state index < -0.39 is 0 Å². The maximum atomic E-state index is 10.2. The topological polar surface area (TPSA) is 20.2 Å². The van der Waals surface area contributed by atoms with Crippen LogP contribution in [-0.4, -0.2) is 11.2 Å². The normalized spacial score (nSPS) is 41.5. The van der Waals surface area contributed by atoms with Crippen LogP contribution in [0.2, 0.25) is 0 Å². The first-order valence-electron chi connectivity index (χ1n) is 12.8. The highest BCUT2D eigenvalue weighted by Crippen LogP contribution is 2.64. The van der Waals surface area contributed by atoms with Gasteiger partial charge in [-0.2, -0.15) is 0 Å². The van der Waals surface area contributed by atoms with E-state index in [1.165, 1.54) is 51.4 Å². The molecule has 0 saturated heterocycles. The lowest BCUT2D eigenvalue weighted by Crippen LogP contribution is -2.44. The summed E-state index contributed by atoms with van der Waals surface area (Å²) in [6.07, 6.45) is 15.2. The first-order valence-corrected chi connectivity index (χ1v) is 12.8. The van der Waals surface area contributed by atoms with Gasteiger partial charge < -0.3 is 5.11 Å². The van der Waals surface area contributed by atoms with Crippen LogP contribution in [0.25, 0.3) is 0 Å². The van der Waals surface area contributed by atoms with Gasteiger partial charge in [-0.05, 0) is 103 Å². The van der Waals surface area contributed by atoms with E-state index in [-0.39, 0.29) is 6.10 Å². The first-order chi connectivity index (χ1) is 13.7. The van der Waals surface area contributed by atoms with E-state index in [0.29, 0.717) is 16.7 Å². The summed E-state index contributed by atoms with van der Waals surface area (Å²) in [5.41, 5.74) is 6.13. The molecule has 4 rings (SSSR count). The van der Waals surface area contributed by atoms with E-state index >= 15 is 0 Å². The highest BCUT2D eigenvalue weighted by atomic mass is 16.3. The third-order valence-corrected chi connectivity index (χ3v) is 10.4. The van der Waals surface area contributed by atoms with Crippen molar-refractivity contribution in [3.8, 4) is 0 Å². The van der Waals surface area contributed by atoms with Gasteiger partial charge in [0.15, 0.2) is 0 Å².